The average Bonchev–Trinajstić information content (AvgIpc) is 2.28. The zero-order valence-electron chi connectivity index (χ0n) is 10.8. The van der Waals surface area contributed by atoms with E-state index in [1.54, 1.807) is 20.8 Å². The smallest absolute Gasteiger partial charge is 0.229 e. The first-order valence-corrected chi connectivity index (χ1v) is 5.64. The van der Waals surface area contributed by atoms with E-state index in [9.17, 15) is 9.18 Å². The van der Waals surface area contributed by atoms with Gasteiger partial charge in [-0.15, -0.1) is 0 Å². The minimum Gasteiger partial charge on any atom is -0.325 e. The molecule has 0 spiro atoms. The minimum absolute atomic E-state index is 0.148. The fraction of sp³-hybridized carbons (Fsp3) is 0.357. The number of rotatable bonds is 1. The lowest BCUT2D eigenvalue weighted by molar-refractivity contribution is -0.123. The molecule has 18 heavy (non-hydrogen) atoms. The molecular formula is C14H17FN2O. The molecule has 4 heteroatoms. The Hall–Kier alpha value is -1.86. The van der Waals surface area contributed by atoms with Gasteiger partial charge in [-0.3, -0.25) is 4.79 Å². The van der Waals surface area contributed by atoms with Crippen LogP contribution < -0.4 is 11.1 Å². The summed E-state index contributed by atoms with van der Waals surface area (Å²) < 4.78 is 13.1. The van der Waals surface area contributed by atoms with E-state index >= 15 is 0 Å². The maximum absolute atomic E-state index is 13.1. The number of benzene rings is 1. The standard InChI is InChI=1S/C14H17FN2O/c1-14(2,3)13(18)17-12-7-6-11(15)9-10(12)5-4-8-16/h6-7,9H,8,16H2,1-3H3,(H,17,18). The van der Waals surface area contributed by atoms with Crippen LogP contribution in [0, 0.1) is 23.1 Å². The second-order valence-electron chi connectivity index (χ2n) is 4.90. The summed E-state index contributed by atoms with van der Waals surface area (Å²) in [5.74, 6) is 4.84. The van der Waals surface area contributed by atoms with Gasteiger partial charge in [0.25, 0.3) is 0 Å². The van der Waals surface area contributed by atoms with Crippen molar-refractivity contribution in [3.63, 3.8) is 0 Å². The summed E-state index contributed by atoms with van der Waals surface area (Å²) in [6.45, 7) is 5.59. The molecular weight excluding hydrogens is 231 g/mol. The van der Waals surface area contributed by atoms with Crippen molar-refractivity contribution in [3.8, 4) is 11.8 Å². The van der Waals surface area contributed by atoms with Gasteiger partial charge >= 0.3 is 0 Å². The van der Waals surface area contributed by atoms with E-state index in [-0.39, 0.29) is 12.5 Å². The van der Waals surface area contributed by atoms with Crippen molar-refractivity contribution >= 4 is 11.6 Å². The lowest BCUT2D eigenvalue weighted by Crippen LogP contribution is -2.28. The van der Waals surface area contributed by atoms with Gasteiger partial charge in [0, 0.05) is 5.41 Å². The van der Waals surface area contributed by atoms with Crippen LogP contribution in [0.2, 0.25) is 0 Å². The van der Waals surface area contributed by atoms with Crippen molar-refractivity contribution in [3.05, 3.63) is 29.6 Å². The molecule has 0 unspecified atom stereocenters. The Morgan fingerprint density at radius 1 is 1.44 bits per heavy atom. The van der Waals surface area contributed by atoms with E-state index in [0.717, 1.165) is 0 Å². The van der Waals surface area contributed by atoms with Crippen LogP contribution in [0.4, 0.5) is 10.1 Å². The number of nitrogens with one attached hydrogen (secondary N) is 1. The van der Waals surface area contributed by atoms with E-state index in [4.69, 9.17) is 5.73 Å². The normalized spacial score (nSPS) is 10.5. The van der Waals surface area contributed by atoms with Crippen molar-refractivity contribution < 1.29 is 9.18 Å². The molecule has 0 aliphatic heterocycles. The molecule has 0 saturated heterocycles. The van der Waals surface area contributed by atoms with E-state index in [1.807, 2.05) is 0 Å². The van der Waals surface area contributed by atoms with Gasteiger partial charge < -0.3 is 11.1 Å². The molecule has 1 rings (SSSR count). The van der Waals surface area contributed by atoms with Crippen molar-refractivity contribution in [2.45, 2.75) is 20.8 Å². The van der Waals surface area contributed by atoms with Crippen LogP contribution in [0.5, 0.6) is 0 Å². The van der Waals surface area contributed by atoms with Crippen molar-refractivity contribution in [2.24, 2.45) is 11.1 Å². The molecule has 0 saturated carbocycles. The first-order chi connectivity index (χ1) is 8.34. The molecule has 1 aromatic carbocycles. The first-order valence-electron chi connectivity index (χ1n) is 5.64. The number of hydrogen-bond donors (Lipinski definition) is 2. The van der Waals surface area contributed by atoms with Gasteiger partial charge in [-0.2, -0.15) is 0 Å². The molecule has 0 radical (unpaired) electrons. The molecule has 0 bridgehead atoms. The van der Waals surface area contributed by atoms with E-state index in [2.05, 4.69) is 17.2 Å². The Morgan fingerprint density at radius 3 is 2.67 bits per heavy atom. The zero-order valence-corrected chi connectivity index (χ0v) is 10.8. The van der Waals surface area contributed by atoms with Crippen LogP contribution in [0.15, 0.2) is 18.2 Å². The van der Waals surface area contributed by atoms with E-state index in [0.29, 0.717) is 11.3 Å². The molecule has 3 N–H and O–H groups in total. The molecule has 0 fully saturated rings. The van der Waals surface area contributed by atoms with Crippen molar-refractivity contribution in [2.75, 3.05) is 11.9 Å². The van der Waals surface area contributed by atoms with Crippen LogP contribution in [0.25, 0.3) is 0 Å². The Bertz CT molecular complexity index is 507. The molecule has 0 heterocycles. The van der Waals surface area contributed by atoms with Crippen LogP contribution in [-0.4, -0.2) is 12.5 Å². The molecule has 0 aliphatic rings. The molecule has 96 valence electrons. The first kappa shape index (κ1) is 14.2. The number of carbonyl (C=O) groups is 1. The zero-order chi connectivity index (χ0) is 13.8. The predicted molar refractivity (Wildman–Crippen MR) is 70.4 cm³/mol. The van der Waals surface area contributed by atoms with Gasteiger partial charge in [-0.05, 0) is 18.2 Å². The summed E-state index contributed by atoms with van der Waals surface area (Å²) in [4.78, 5) is 11.9. The number of nitrogens with two attached hydrogens (primary N) is 1. The molecule has 3 nitrogen and oxygen atoms in total. The number of amides is 1. The summed E-state index contributed by atoms with van der Waals surface area (Å²) in [6.07, 6.45) is 0. The number of hydrogen-bond acceptors (Lipinski definition) is 2. The van der Waals surface area contributed by atoms with Crippen molar-refractivity contribution in [1.82, 2.24) is 0 Å². The van der Waals surface area contributed by atoms with Gasteiger partial charge in [0.2, 0.25) is 5.91 Å². The molecule has 0 aliphatic carbocycles. The quantitative estimate of drug-likeness (QED) is 0.748. The minimum atomic E-state index is -0.521. The third kappa shape index (κ3) is 3.86. The molecule has 1 amide bonds. The maximum atomic E-state index is 13.1. The summed E-state index contributed by atoms with van der Waals surface area (Å²) in [5.41, 5.74) is 5.69. The monoisotopic (exact) mass is 248 g/mol. The number of halogens is 1. The summed E-state index contributed by atoms with van der Waals surface area (Å²) in [6, 6.07) is 4.06. The highest BCUT2D eigenvalue weighted by molar-refractivity contribution is 5.95. The molecule has 1 aromatic rings. The predicted octanol–water partition coefficient (Wildman–Crippen LogP) is 2.12. The Labute approximate surface area is 107 Å². The fourth-order valence-electron chi connectivity index (χ4n) is 1.18. The highest BCUT2D eigenvalue weighted by Gasteiger charge is 2.21. The fourth-order valence-corrected chi connectivity index (χ4v) is 1.18. The van der Waals surface area contributed by atoms with Gasteiger partial charge in [-0.1, -0.05) is 32.6 Å². The summed E-state index contributed by atoms with van der Waals surface area (Å²) in [5, 5.41) is 2.74. The number of anilines is 1. The largest absolute Gasteiger partial charge is 0.325 e. The van der Waals surface area contributed by atoms with Crippen LogP contribution in [-0.2, 0) is 4.79 Å². The third-order valence-corrected chi connectivity index (χ3v) is 2.24. The van der Waals surface area contributed by atoms with Gasteiger partial charge in [0.1, 0.15) is 5.82 Å². The molecule has 0 atom stereocenters. The SMILES string of the molecule is CC(C)(C)C(=O)Nc1ccc(F)cc1C#CCN. The topological polar surface area (TPSA) is 55.1 Å². The lowest BCUT2D eigenvalue weighted by atomic mass is 9.95. The van der Waals surface area contributed by atoms with Crippen LogP contribution in [0.1, 0.15) is 26.3 Å². The second kappa shape index (κ2) is 5.65. The third-order valence-electron chi connectivity index (χ3n) is 2.24. The summed E-state index contributed by atoms with van der Waals surface area (Å²) >= 11 is 0. The highest BCUT2D eigenvalue weighted by Crippen LogP contribution is 2.20. The van der Waals surface area contributed by atoms with Gasteiger partial charge in [0.15, 0.2) is 0 Å². The van der Waals surface area contributed by atoms with E-state index < -0.39 is 11.2 Å². The highest BCUT2D eigenvalue weighted by atomic mass is 19.1. The van der Waals surface area contributed by atoms with Crippen LogP contribution >= 0.6 is 0 Å². The number of carbonyl (C=O) groups excluding carboxylic acids is 1. The Kier molecular flexibility index (Phi) is 4.46. The van der Waals surface area contributed by atoms with Gasteiger partial charge in [0.05, 0.1) is 17.8 Å². The average molecular weight is 248 g/mol. The van der Waals surface area contributed by atoms with Crippen molar-refractivity contribution in [1.29, 1.82) is 0 Å². The lowest BCUT2D eigenvalue weighted by Gasteiger charge is -2.18. The maximum Gasteiger partial charge on any atom is 0.229 e. The summed E-state index contributed by atoms with van der Waals surface area (Å²) in [7, 11) is 0. The van der Waals surface area contributed by atoms with Gasteiger partial charge in [-0.25, -0.2) is 4.39 Å². The Morgan fingerprint density at radius 2 is 2.11 bits per heavy atom. The second-order valence-corrected chi connectivity index (χ2v) is 4.90. The van der Waals surface area contributed by atoms with E-state index in [1.165, 1.54) is 18.2 Å². The Balaban J connectivity index is 3.05. The molecule has 0 aromatic heterocycles. The van der Waals surface area contributed by atoms with Crippen LogP contribution in [0.3, 0.4) is 0 Å².